The van der Waals surface area contributed by atoms with Crippen LogP contribution in [0.25, 0.3) is 0 Å². The zero-order valence-corrected chi connectivity index (χ0v) is 16.8. The first-order valence-corrected chi connectivity index (χ1v) is 10.3. The summed E-state index contributed by atoms with van der Waals surface area (Å²) in [4.78, 5) is 31.7. The third-order valence-corrected chi connectivity index (χ3v) is 6.10. The summed E-state index contributed by atoms with van der Waals surface area (Å²) in [6, 6.07) is 5.89. The van der Waals surface area contributed by atoms with Crippen LogP contribution in [0.3, 0.4) is 0 Å². The van der Waals surface area contributed by atoms with Gasteiger partial charge in [0.2, 0.25) is 5.95 Å². The quantitative estimate of drug-likeness (QED) is 0.798. The van der Waals surface area contributed by atoms with Gasteiger partial charge in [-0.05, 0) is 25.4 Å². The Balaban J connectivity index is 1.43. The SMILES string of the molecule is Cc1cc(N2CCN(C)CC2)nc(N2CCN(C(=O)c3cccs3)CC2)n1. The van der Waals surface area contributed by atoms with Crippen molar-refractivity contribution in [3.05, 3.63) is 34.2 Å². The number of aromatic nitrogens is 2. The van der Waals surface area contributed by atoms with Crippen molar-refractivity contribution in [2.45, 2.75) is 6.92 Å². The Morgan fingerprint density at radius 1 is 1.00 bits per heavy atom. The first-order valence-electron chi connectivity index (χ1n) is 9.47. The maximum absolute atomic E-state index is 12.5. The van der Waals surface area contributed by atoms with Crippen LogP contribution in [-0.4, -0.2) is 85.1 Å². The Morgan fingerprint density at radius 3 is 2.37 bits per heavy atom. The van der Waals surface area contributed by atoms with Gasteiger partial charge in [-0.2, -0.15) is 4.98 Å². The molecule has 2 fully saturated rings. The van der Waals surface area contributed by atoms with E-state index in [0.29, 0.717) is 13.1 Å². The molecule has 144 valence electrons. The number of hydrogen-bond donors (Lipinski definition) is 0. The second-order valence-electron chi connectivity index (χ2n) is 7.21. The number of thiophene rings is 1. The molecule has 2 aliphatic rings. The lowest BCUT2D eigenvalue weighted by atomic mass is 10.3. The highest BCUT2D eigenvalue weighted by Gasteiger charge is 2.25. The van der Waals surface area contributed by atoms with Crippen LogP contribution in [0.1, 0.15) is 15.4 Å². The lowest BCUT2D eigenvalue weighted by Crippen LogP contribution is -2.49. The second-order valence-corrected chi connectivity index (χ2v) is 8.16. The standard InChI is InChI=1S/C19H26N6OS/c1-15-14-17(23-7-5-22(2)6-8-23)21-19(20-15)25-11-9-24(10-12-25)18(26)16-4-3-13-27-16/h3-4,13-14H,5-12H2,1-2H3. The molecule has 8 heteroatoms. The van der Waals surface area contributed by atoms with Gasteiger partial charge in [0.05, 0.1) is 4.88 Å². The molecule has 7 nitrogen and oxygen atoms in total. The van der Waals surface area contributed by atoms with E-state index in [1.807, 2.05) is 29.3 Å². The van der Waals surface area contributed by atoms with Crippen molar-refractivity contribution in [3.63, 3.8) is 0 Å². The molecule has 0 spiro atoms. The minimum Gasteiger partial charge on any atom is -0.354 e. The summed E-state index contributed by atoms with van der Waals surface area (Å²) in [6.45, 7) is 9.08. The number of likely N-dealkylation sites (N-methyl/N-ethyl adjacent to an activating group) is 1. The molecule has 0 N–H and O–H groups in total. The Morgan fingerprint density at radius 2 is 1.70 bits per heavy atom. The zero-order chi connectivity index (χ0) is 18.8. The first-order chi connectivity index (χ1) is 13.1. The molecule has 27 heavy (non-hydrogen) atoms. The summed E-state index contributed by atoms with van der Waals surface area (Å²) in [7, 11) is 2.16. The summed E-state index contributed by atoms with van der Waals surface area (Å²) in [5.74, 6) is 1.93. The van der Waals surface area contributed by atoms with Crippen molar-refractivity contribution < 1.29 is 4.79 Å². The van der Waals surface area contributed by atoms with Gasteiger partial charge in [0.15, 0.2) is 0 Å². The van der Waals surface area contributed by atoms with E-state index in [1.54, 1.807) is 0 Å². The van der Waals surface area contributed by atoms with E-state index in [2.05, 4.69) is 32.8 Å². The van der Waals surface area contributed by atoms with Crippen molar-refractivity contribution in [3.8, 4) is 0 Å². The third-order valence-electron chi connectivity index (χ3n) is 5.24. The molecule has 2 saturated heterocycles. The van der Waals surface area contributed by atoms with Crippen LogP contribution >= 0.6 is 11.3 Å². The number of hydrogen-bond acceptors (Lipinski definition) is 7. The Bertz CT molecular complexity index is 780. The topological polar surface area (TPSA) is 55.8 Å². The maximum atomic E-state index is 12.5. The zero-order valence-electron chi connectivity index (χ0n) is 16.0. The van der Waals surface area contributed by atoms with Gasteiger partial charge in [-0.25, -0.2) is 4.98 Å². The number of amides is 1. The molecule has 0 unspecified atom stereocenters. The molecule has 1 amide bonds. The van der Waals surface area contributed by atoms with E-state index in [0.717, 1.165) is 61.6 Å². The van der Waals surface area contributed by atoms with Crippen LogP contribution in [0.5, 0.6) is 0 Å². The fourth-order valence-corrected chi connectivity index (χ4v) is 4.23. The number of carbonyl (C=O) groups is 1. The average molecular weight is 387 g/mol. The van der Waals surface area contributed by atoms with Crippen LogP contribution in [0.2, 0.25) is 0 Å². The molecule has 4 rings (SSSR count). The lowest BCUT2D eigenvalue weighted by molar-refractivity contribution is 0.0751. The van der Waals surface area contributed by atoms with Crippen molar-refractivity contribution in [2.75, 3.05) is 69.2 Å². The van der Waals surface area contributed by atoms with Crippen LogP contribution in [-0.2, 0) is 0 Å². The van der Waals surface area contributed by atoms with E-state index >= 15 is 0 Å². The highest BCUT2D eigenvalue weighted by atomic mass is 32.1. The van der Waals surface area contributed by atoms with Gasteiger partial charge in [0, 0.05) is 64.1 Å². The summed E-state index contributed by atoms with van der Waals surface area (Å²) < 4.78 is 0. The summed E-state index contributed by atoms with van der Waals surface area (Å²) in [5, 5.41) is 1.95. The van der Waals surface area contributed by atoms with Gasteiger partial charge in [-0.1, -0.05) is 6.07 Å². The summed E-state index contributed by atoms with van der Waals surface area (Å²) in [5.41, 5.74) is 0.992. The highest BCUT2D eigenvalue weighted by molar-refractivity contribution is 7.12. The number of nitrogens with zero attached hydrogens (tertiary/aromatic N) is 6. The van der Waals surface area contributed by atoms with E-state index < -0.39 is 0 Å². The van der Waals surface area contributed by atoms with Gasteiger partial charge >= 0.3 is 0 Å². The molecule has 0 atom stereocenters. The second kappa shape index (κ2) is 7.82. The van der Waals surface area contributed by atoms with E-state index in [9.17, 15) is 4.79 Å². The van der Waals surface area contributed by atoms with E-state index in [4.69, 9.17) is 4.98 Å². The molecule has 2 aliphatic heterocycles. The van der Waals surface area contributed by atoms with Crippen LogP contribution in [0.15, 0.2) is 23.6 Å². The Hall–Kier alpha value is -2.19. The molecule has 0 aliphatic carbocycles. The minimum absolute atomic E-state index is 0.132. The predicted octanol–water partition coefficient (Wildman–Crippen LogP) is 1.56. The minimum atomic E-state index is 0.132. The van der Waals surface area contributed by atoms with Crippen LogP contribution in [0.4, 0.5) is 11.8 Å². The first kappa shape index (κ1) is 18.2. The largest absolute Gasteiger partial charge is 0.354 e. The molecule has 2 aromatic heterocycles. The predicted molar refractivity (Wildman–Crippen MR) is 109 cm³/mol. The summed E-state index contributed by atoms with van der Waals surface area (Å²) >= 11 is 1.50. The number of rotatable bonds is 3. The van der Waals surface area contributed by atoms with Crippen LogP contribution < -0.4 is 9.80 Å². The van der Waals surface area contributed by atoms with Crippen molar-refractivity contribution in [1.82, 2.24) is 19.8 Å². The van der Waals surface area contributed by atoms with Crippen molar-refractivity contribution in [2.24, 2.45) is 0 Å². The monoisotopic (exact) mass is 386 g/mol. The summed E-state index contributed by atoms with van der Waals surface area (Å²) in [6.07, 6.45) is 0. The van der Waals surface area contributed by atoms with Crippen molar-refractivity contribution in [1.29, 1.82) is 0 Å². The maximum Gasteiger partial charge on any atom is 0.264 e. The molecule has 4 heterocycles. The highest BCUT2D eigenvalue weighted by Crippen LogP contribution is 2.21. The molecular weight excluding hydrogens is 360 g/mol. The Labute approximate surface area is 164 Å². The molecule has 0 radical (unpaired) electrons. The number of carbonyl (C=O) groups excluding carboxylic acids is 1. The van der Waals surface area contributed by atoms with E-state index in [-0.39, 0.29) is 5.91 Å². The van der Waals surface area contributed by atoms with Gasteiger partial charge in [-0.15, -0.1) is 11.3 Å². The number of anilines is 2. The normalized spacial score (nSPS) is 18.8. The van der Waals surface area contributed by atoms with Gasteiger partial charge in [0.1, 0.15) is 5.82 Å². The molecular formula is C19H26N6OS. The lowest BCUT2D eigenvalue weighted by Gasteiger charge is -2.36. The molecule has 0 saturated carbocycles. The fraction of sp³-hybridized carbons (Fsp3) is 0.526. The third kappa shape index (κ3) is 4.06. The smallest absolute Gasteiger partial charge is 0.264 e. The van der Waals surface area contributed by atoms with Crippen molar-refractivity contribution >= 4 is 29.0 Å². The number of aryl methyl sites for hydroxylation is 1. The van der Waals surface area contributed by atoms with Gasteiger partial charge < -0.3 is 19.6 Å². The molecule has 0 aromatic carbocycles. The van der Waals surface area contributed by atoms with Gasteiger partial charge in [-0.3, -0.25) is 4.79 Å². The van der Waals surface area contributed by atoms with E-state index in [1.165, 1.54) is 11.3 Å². The molecule has 2 aromatic rings. The Kier molecular flexibility index (Phi) is 5.27. The van der Waals surface area contributed by atoms with Crippen LogP contribution in [0, 0.1) is 6.92 Å². The molecule has 0 bridgehead atoms. The number of piperazine rings is 2. The van der Waals surface area contributed by atoms with Gasteiger partial charge in [0.25, 0.3) is 5.91 Å². The fourth-order valence-electron chi connectivity index (χ4n) is 3.54. The average Bonchev–Trinajstić information content (AvgIpc) is 3.22.